The van der Waals surface area contributed by atoms with Gasteiger partial charge in [0.25, 0.3) is 0 Å². The van der Waals surface area contributed by atoms with E-state index in [4.69, 9.17) is 0 Å². The standard InChI is InChI=1S/C23H32N2O3S/c1-7-21(19-11-9-16(3)10-12-19)24-23(26)22(8-2)25(29(6,27)28)20-14-17(4)13-18(5)15-20/h9-15,21-22H,7-8H2,1-6H3,(H,24,26). The van der Waals surface area contributed by atoms with Crippen LogP contribution in [-0.2, 0) is 14.8 Å². The third-order valence-electron chi connectivity index (χ3n) is 5.00. The average Bonchev–Trinajstić information content (AvgIpc) is 2.62. The van der Waals surface area contributed by atoms with Gasteiger partial charge in [-0.3, -0.25) is 9.10 Å². The number of nitrogens with one attached hydrogen (secondary N) is 1. The highest BCUT2D eigenvalue weighted by Crippen LogP contribution is 2.26. The van der Waals surface area contributed by atoms with Gasteiger partial charge < -0.3 is 5.32 Å². The SMILES string of the molecule is CCC(NC(=O)C(CC)N(c1cc(C)cc(C)c1)S(C)(=O)=O)c1ccc(C)cc1. The predicted molar refractivity (Wildman–Crippen MR) is 120 cm³/mol. The van der Waals surface area contributed by atoms with Crippen LogP contribution in [0.2, 0.25) is 0 Å². The number of carbonyl (C=O) groups excluding carboxylic acids is 1. The summed E-state index contributed by atoms with van der Waals surface area (Å²) in [7, 11) is -3.65. The van der Waals surface area contributed by atoms with E-state index < -0.39 is 16.1 Å². The Bertz CT molecular complexity index is 932. The quantitative estimate of drug-likeness (QED) is 0.692. The molecule has 1 amide bonds. The molecule has 2 rings (SSSR count). The number of hydrogen-bond acceptors (Lipinski definition) is 3. The van der Waals surface area contributed by atoms with Crippen LogP contribution < -0.4 is 9.62 Å². The van der Waals surface area contributed by atoms with Gasteiger partial charge in [0.1, 0.15) is 6.04 Å². The van der Waals surface area contributed by atoms with Crippen molar-refractivity contribution in [2.24, 2.45) is 0 Å². The van der Waals surface area contributed by atoms with Crippen LogP contribution in [0.4, 0.5) is 5.69 Å². The molecule has 29 heavy (non-hydrogen) atoms. The minimum Gasteiger partial charge on any atom is -0.347 e. The number of rotatable bonds is 8. The fourth-order valence-electron chi connectivity index (χ4n) is 3.63. The number of hydrogen-bond donors (Lipinski definition) is 1. The van der Waals surface area contributed by atoms with Gasteiger partial charge in [-0.15, -0.1) is 0 Å². The number of nitrogens with zero attached hydrogens (tertiary/aromatic N) is 1. The van der Waals surface area contributed by atoms with Crippen LogP contribution in [0.15, 0.2) is 42.5 Å². The highest BCUT2D eigenvalue weighted by molar-refractivity contribution is 7.92. The Balaban J connectivity index is 2.38. The zero-order chi connectivity index (χ0) is 21.8. The van der Waals surface area contributed by atoms with Gasteiger partial charge >= 0.3 is 0 Å². The van der Waals surface area contributed by atoms with E-state index in [1.165, 1.54) is 4.31 Å². The molecule has 0 saturated carbocycles. The normalized spacial score (nSPS) is 13.6. The fraction of sp³-hybridized carbons (Fsp3) is 0.435. The van der Waals surface area contributed by atoms with Crippen LogP contribution in [0.25, 0.3) is 0 Å². The molecule has 2 unspecified atom stereocenters. The van der Waals surface area contributed by atoms with Gasteiger partial charge in [0.05, 0.1) is 18.0 Å². The van der Waals surface area contributed by atoms with Crippen molar-refractivity contribution in [3.05, 3.63) is 64.7 Å². The first kappa shape index (κ1) is 22.9. The second-order valence-electron chi connectivity index (χ2n) is 7.71. The van der Waals surface area contributed by atoms with E-state index in [1.54, 1.807) is 12.1 Å². The zero-order valence-corrected chi connectivity index (χ0v) is 19.0. The van der Waals surface area contributed by atoms with Crippen LogP contribution >= 0.6 is 0 Å². The Morgan fingerprint density at radius 2 is 1.48 bits per heavy atom. The first-order chi connectivity index (χ1) is 13.6. The summed E-state index contributed by atoms with van der Waals surface area (Å²) in [5.41, 5.74) is 4.60. The smallest absolute Gasteiger partial charge is 0.244 e. The highest BCUT2D eigenvalue weighted by Gasteiger charge is 2.32. The first-order valence-electron chi connectivity index (χ1n) is 10.0. The van der Waals surface area contributed by atoms with Gasteiger partial charge in [-0.2, -0.15) is 0 Å². The molecule has 1 N–H and O–H groups in total. The molecule has 2 aromatic rings. The predicted octanol–water partition coefficient (Wildman–Crippen LogP) is 4.42. The number of benzene rings is 2. The van der Waals surface area contributed by atoms with Crippen LogP contribution in [-0.4, -0.2) is 26.6 Å². The summed E-state index contributed by atoms with van der Waals surface area (Å²) in [5, 5.41) is 3.06. The highest BCUT2D eigenvalue weighted by atomic mass is 32.2. The van der Waals surface area contributed by atoms with Crippen molar-refractivity contribution >= 4 is 21.6 Å². The molecule has 5 nitrogen and oxygen atoms in total. The number of carbonyl (C=O) groups is 1. The van der Waals surface area contributed by atoms with Crippen molar-refractivity contribution < 1.29 is 13.2 Å². The molecule has 0 saturated heterocycles. The number of aryl methyl sites for hydroxylation is 3. The van der Waals surface area contributed by atoms with Crippen molar-refractivity contribution in [1.82, 2.24) is 5.32 Å². The monoisotopic (exact) mass is 416 g/mol. The Hall–Kier alpha value is -2.34. The molecule has 0 aromatic heterocycles. The Kier molecular flexibility index (Phi) is 7.47. The van der Waals surface area contributed by atoms with E-state index in [0.29, 0.717) is 18.5 Å². The van der Waals surface area contributed by atoms with Gasteiger partial charge in [-0.25, -0.2) is 8.42 Å². The molecule has 0 bridgehead atoms. The van der Waals surface area contributed by atoms with Crippen LogP contribution in [0.3, 0.4) is 0 Å². The summed E-state index contributed by atoms with van der Waals surface area (Å²) in [5.74, 6) is -0.287. The molecule has 0 fully saturated rings. The number of amides is 1. The van der Waals surface area contributed by atoms with E-state index in [1.807, 2.05) is 65.0 Å². The second-order valence-corrected chi connectivity index (χ2v) is 9.57. The van der Waals surface area contributed by atoms with E-state index >= 15 is 0 Å². The van der Waals surface area contributed by atoms with Crippen LogP contribution in [0.5, 0.6) is 0 Å². The number of sulfonamides is 1. The molecule has 0 aliphatic carbocycles. The molecule has 158 valence electrons. The average molecular weight is 417 g/mol. The van der Waals surface area contributed by atoms with Gasteiger partial charge in [0, 0.05) is 0 Å². The molecule has 0 spiro atoms. The van der Waals surface area contributed by atoms with Crippen molar-refractivity contribution in [3.8, 4) is 0 Å². The van der Waals surface area contributed by atoms with Crippen molar-refractivity contribution in [1.29, 1.82) is 0 Å². The van der Waals surface area contributed by atoms with Crippen molar-refractivity contribution in [2.45, 2.75) is 59.5 Å². The zero-order valence-electron chi connectivity index (χ0n) is 18.2. The molecule has 0 aliphatic rings. The summed E-state index contributed by atoms with van der Waals surface area (Å²) in [4.78, 5) is 13.2. The Labute approximate surface area is 175 Å². The molecule has 6 heteroatoms. The molecular weight excluding hydrogens is 384 g/mol. The van der Waals surface area contributed by atoms with Gasteiger partial charge in [-0.05, 0) is 62.4 Å². The van der Waals surface area contributed by atoms with Gasteiger partial charge in [0.15, 0.2) is 0 Å². The van der Waals surface area contributed by atoms with E-state index in [9.17, 15) is 13.2 Å². The molecule has 0 heterocycles. The summed E-state index contributed by atoms with van der Waals surface area (Å²) < 4.78 is 26.6. The maximum Gasteiger partial charge on any atom is 0.244 e. The minimum atomic E-state index is -3.65. The topological polar surface area (TPSA) is 66.5 Å². The van der Waals surface area contributed by atoms with Crippen molar-refractivity contribution in [3.63, 3.8) is 0 Å². The lowest BCUT2D eigenvalue weighted by atomic mass is 10.0. The maximum atomic E-state index is 13.2. The second kappa shape index (κ2) is 9.44. The summed E-state index contributed by atoms with van der Waals surface area (Å²) in [6, 6.07) is 12.6. The summed E-state index contributed by atoms with van der Waals surface area (Å²) in [6.07, 6.45) is 2.24. The molecular formula is C23H32N2O3S. The summed E-state index contributed by atoms with van der Waals surface area (Å²) in [6.45, 7) is 9.69. The van der Waals surface area contributed by atoms with E-state index in [-0.39, 0.29) is 11.9 Å². The van der Waals surface area contributed by atoms with Gasteiger partial charge in [-0.1, -0.05) is 49.7 Å². The molecule has 0 radical (unpaired) electrons. The Morgan fingerprint density at radius 3 is 1.93 bits per heavy atom. The fourth-order valence-corrected chi connectivity index (χ4v) is 4.82. The van der Waals surface area contributed by atoms with Crippen LogP contribution in [0.1, 0.15) is 55.0 Å². The largest absolute Gasteiger partial charge is 0.347 e. The van der Waals surface area contributed by atoms with Gasteiger partial charge in [0.2, 0.25) is 15.9 Å². The lowest BCUT2D eigenvalue weighted by Gasteiger charge is -2.32. The maximum absolute atomic E-state index is 13.2. The lowest BCUT2D eigenvalue weighted by molar-refractivity contribution is -0.123. The third kappa shape index (κ3) is 5.82. The van der Waals surface area contributed by atoms with Crippen molar-refractivity contribution in [2.75, 3.05) is 10.6 Å². The first-order valence-corrected chi connectivity index (χ1v) is 11.9. The van der Waals surface area contributed by atoms with E-state index in [2.05, 4.69) is 5.32 Å². The minimum absolute atomic E-state index is 0.169. The van der Waals surface area contributed by atoms with E-state index in [0.717, 1.165) is 28.5 Å². The lowest BCUT2D eigenvalue weighted by Crippen LogP contribution is -2.50. The summed E-state index contributed by atoms with van der Waals surface area (Å²) >= 11 is 0. The third-order valence-corrected chi connectivity index (χ3v) is 6.18. The molecule has 0 aliphatic heterocycles. The Morgan fingerprint density at radius 1 is 0.931 bits per heavy atom. The van der Waals surface area contributed by atoms with Crippen LogP contribution in [0, 0.1) is 20.8 Å². The molecule has 2 atom stereocenters. The number of anilines is 1. The molecule has 2 aromatic carbocycles.